The van der Waals surface area contributed by atoms with Gasteiger partial charge in [-0.2, -0.15) is 13.2 Å². The highest BCUT2D eigenvalue weighted by atomic mass is 19.4. The second-order valence-electron chi connectivity index (χ2n) is 10.2. The Bertz CT molecular complexity index is 1460. The van der Waals surface area contributed by atoms with E-state index in [1.165, 1.54) is 24.6 Å². The van der Waals surface area contributed by atoms with E-state index in [1.54, 1.807) is 31.4 Å². The number of aryl methyl sites for hydroxylation is 2. The van der Waals surface area contributed by atoms with Crippen LogP contribution in [-0.4, -0.2) is 51.5 Å². The van der Waals surface area contributed by atoms with Crippen LogP contribution in [0.4, 0.5) is 22.0 Å². The van der Waals surface area contributed by atoms with Crippen molar-refractivity contribution in [2.75, 3.05) is 25.7 Å². The number of rotatable bonds is 8. The van der Waals surface area contributed by atoms with Crippen LogP contribution in [0.3, 0.4) is 0 Å². The molecule has 3 aromatic rings. The molecule has 8 nitrogen and oxygen atoms in total. The van der Waals surface area contributed by atoms with Crippen LogP contribution in [0, 0.1) is 12.8 Å². The zero-order valence-electron chi connectivity index (χ0n) is 22.7. The molecule has 0 aliphatic carbocycles. The van der Waals surface area contributed by atoms with E-state index in [4.69, 9.17) is 4.74 Å². The zero-order chi connectivity index (χ0) is 29.4. The maximum atomic E-state index is 13.6. The van der Waals surface area contributed by atoms with E-state index in [-0.39, 0.29) is 58.5 Å². The minimum absolute atomic E-state index is 0.0102. The summed E-state index contributed by atoms with van der Waals surface area (Å²) in [6, 6.07) is 3.14. The third kappa shape index (κ3) is 6.29. The predicted molar refractivity (Wildman–Crippen MR) is 139 cm³/mol. The van der Waals surface area contributed by atoms with Crippen LogP contribution in [0.1, 0.15) is 73.1 Å². The molecular weight excluding hydrogens is 535 g/mol. The van der Waals surface area contributed by atoms with Gasteiger partial charge in [0.25, 0.3) is 12.0 Å². The number of fused-ring (bicyclic) bond motifs is 1. The molecule has 0 N–H and O–H groups in total. The summed E-state index contributed by atoms with van der Waals surface area (Å²) in [5.41, 5.74) is 0.113. The fraction of sp³-hybridized carbons (Fsp3) is 0.519. The van der Waals surface area contributed by atoms with Gasteiger partial charge in [0.05, 0.1) is 23.4 Å². The molecule has 3 unspecified atom stereocenters. The molecule has 40 heavy (non-hydrogen) atoms. The highest BCUT2D eigenvalue weighted by molar-refractivity contribution is 5.73. The van der Waals surface area contributed by atoms with Crippen molar-refractivity contribution in [3.63, 3.8) is 0 Å². The van der Waals surface area contributed by atoms with E-state index >= 15 is 0 Å². The molecule has 0 saturated carbocycles. The predicted octanol–water partition coefficient (Wildman–Crippen LogP) is 5.35. The second-order valence-corrected chi connectivity index (χ2v) is 10.2. The first-order chi connectivity index (χ1) is 18.8. The Morgan fingerprint density at radius 3 is 2.55 bits per heavy atom. The number of alkyl halides is 5. The molecule has 1 fully saturated rings. The van der Waals surface area contributed by atoms with Gasteiger partial charge in [0.2, 0.25) is 0 Å². The minimum Gasteiger partial charge on any atom is -0.373 e. The second kappa shape index (κ2) is 11.6. The molecule has 0 bridgehead atoms. The van der Waals surface area contributed by atoms with Crippen LogP contribution in [0.5, 0.6) is 0 Å². The zero-order valence-corrected chi connectivity index (χ0v) is 22.7. The van der Waals surface area contributed by atoms with E-state index in [2.05, 4.69) is 26.5 Å². The Labute approximate surface area is 227 Å². The quantitative estimate of drug-likeness (QED) is 0.269. The largest absolute Gasteiger partial charge is 0.395 e. The molecule has 0 spiro atoms. The van der Waals surface area contributed by atoms with Crippen LogP contribution in [0.15, 0.2) is 35.3 Å². The fourth-order valence-corrected chi connectivity index (χ4v) is 4.91. The van der Waals surface area contributed by atoms with Gasteiger partial charge in [0, 0.05) is 38.9 Å². The van der Waals surface area contributed by atoms with Crippen LogP contribution in [0.2, 0.25) is 0 Å². The third-order valence-electron chi connectivity index (χ3n) is 7.07. The first kappa shape index (κ1) is 29.5. The van der Waals surface area contributed by atoms with Crippen molar-refractivity contribution in [2.45, 2.75) is 64.2 Å². The summed E-state index contributed by atoms with van der Waals surface area (Å²) in [5, 5.41) is 1.64. The average molecular weight is 567 g/mol. The van der Waals surface area contributed by atoms with Crippen LogP contribution in [-0.2, 0) is 11.2 Å². The van der Waals surface area contributed by atoms with E-state index in [0.29, 0.717) is 25.3 Å². The lowest BCUT2D eigenvalue weighted by Gasteiger charge is -2.30. The Balaban J connectivity index is 1.73. The molecule has 4 heterocycles. The van der Waals surface area contributed by atoms with Gasteiger partial charge in [-0.05, 0) is 51.2 Å². The van der Waals surface area contributed by atoms with Crippen molar-refractivity contribution in [1.82, 2.24) is 24.6 Å². The minimum atomic E-state index is -4.51. The number of ether oxygens (including phenoxy) is 1. The number of nitrogens with zero attached hydrogens (tertiary/aromatic N) is 6. The van der Waals surface area contributed by atoms with Crippen molar-refractivity contribution >= 4 is 11.2 Å². The fourth-order valence-electron chi connectivity index (χ4n) is 4.91. The summed E-state index contributed by atoms with van der Waals surface area (Å²) in [6.07, 6.45) is -5.69. The van der Waals surface area contributed by atoms with Gasteiger partial charge < -0.3 is 9.75 Å². The van der Waals surface area contributed by atoms with E-state index in [9.17, 15) is 26.7 Å². The maximum absolute atomic E-state index is 13.6. The molecule has 3 atom stereocenters. The van der Waals surface area contributed by atoms with Gasteiger partial charge in [0.1, 0.15) is 17.0 Å². The first-order valence-corrected chi connectivity index (χ1v) is 12.8. The molecule has 1 aliphatic rings. The maximum Gasteiger partial charge on any atom is 0.395 e. The molecule has 1 aliphatic heterocycles. The van der Waals surface area contributed by atoms with Crippen molar-refractivity contribution in [1.29, 1.82) is 0 Å². The van der Waals surface area contributed by atoms with Gasteiger partial charge in [-0.3, -0.25) is 4.79 Å². The standard InChI is InChI=1S/C27H31F5N6O2/c1-14(2)18(27(30,31)32)7-8-19-23-26(33-15(3)22(35-23)24(28)29)36-25(34-19)16-10-11-40-20(12-16)17-6-9-21(39)38(13-17)37(4)5/h6,9,13,16,18,20,24H,1,7-8,10-12H2,2-5H3. The third-order valence-corrected chi connectivity index (χ3v) is 7.07. The normalized spacial score (nSPS) is 18.8. The Kier molecular flexibility index (Phi) is 8.52. The van der Waals surface area contributed by atoms with Crippen molar-refractivity contribution < 1.29 is 26.7 Å². The van der Waals surface area contributed by atoms with Gasteiger partial charge in [-0.25, -0.2) is 33.4 Å². The highest BCUT2D eigenvalue weighted by Gasteiger charge is 2.40. The van der Waals surface area contributed by atoms with Crippen molar-refractivity contribution in [3.05, 3.63) is 69.3 Å². The molecule has 4 rings (SSSR count). The number of allylic oxidation sites excluding steroid dienone is 1. The summed E-state index contributed by atoms with van der Waals surface area (Å²) in [5.74, 6) is -1.69. The monoisotopic (exact) mass is 566 g/mol. The molecule has 13 heteroatoms. The van der Waals surface area contributed by atoms with Crippen LogP contribution in [0.25, 0.3) is 11.2 Å². The van der Waals surface area contributed by atoms with Gasteiger partial charge in [-0.15, -0.1) is 0 Å². The summed E-state index contributed by atoms with van der Waals surface area (Å²) in [6.45, 7) is 6.53. The molecular formula is C27H31F5N6O2. The van der Waals surface area contributed by atoms with Crippen molar-refractivity contribution in [2.24, 2.45) is 5.92 Å². The highest BCUT2D eigenvalue weighted by Crippen LogP contribution is 2.38. The lowest BCUT2D eigenvalue weighted by Crippen LogP contribution is -2.35. The van der Waals surface area contributed by atoms with Crippen LogP contribution < -0.4 is 10.6 Å². The summed E-state index contributed by atoms with van der Waals surface area (Å²) in [4.78, 5) is 29.6. The van der Waals surface area contributed by atoms with Gasteiger partial charge in [0.15, 0.2) is 5.65 Å². The average Bonchev–Trinajstić information content (AvgIpc) is 2.87. The van der Waals surface area contributed by atoms with Gasteiger partial charge >= 0.3 is 6.18 Å². The molecule has 0 aromatic carbocycles. The Morgan fingerprint density at radius 2 is 1.93 bits per heavy atom. The summed E-state index contributed by atoms with van der Waals surface area (Å²) in [7, 11) is 3.47. The molecule has 216 valence electrons. The van der Waals surface area contributed by atoms with Crippen molar-refractivity contribution in [3.8, 4) is 0 Å². The Morgan fingerprint density at radius 1 is 1.20 bits per heavy atom. The first-order valence-electron chi connectivity index (χ1n) is 12.8. The lowest BCUT2D eigenvalue weighted by atomic mass is 9.91. The topological polar surface area (TPSA) is 86.0 Å². The lowest BCUT2D eigenvalue weighted by molar-refractivity contribution is -0.165. The number of pyridine rings is 1. The van der Waals surface area contributed by atoms with E-state index in [1.807, 2.05) is 0 Å². The number of hydrogen-bond donors (Lipinski definition) is 0. The smallest absolute Gasteiger partial charge is 0.373 e. The summed E-state index contributed by atoms with van der Waals surface area (Å²) >= 11 is 0. The van der Waals surface area contributed by atoms with E-state index in [0.717, 1.165) is 5.56 Å². The number of hydrogen-bond acceptors (Lipinski definition) is 7. The number of halogens is 5. The van der Waals surface area contributed by atoms with Gasteiger partial charge in [-0.1, -0.05) is 12.2 Å². The molecule has 0 radical (unpaired) electrons. The summed E-state index contributed by atoms with van der Waals surface area (Å²) < 4.78 is 75.5. The Hall–Kier alpha value is -3.48. The molecule has 1 saturated heterocycles. The molecule has 0 amide bonds. The SMILES string of the molecule is C=C(C)C(CCc1nc(C2CCOC(c3ccc(=O)n(N(C)C)c3)C2)nc2nc(C)c(C(F)F)nc12)C(F)(F)F. The van der Waals surface area contributed by atoms with E-state index < -0.39 is 24.2 Å². The molecule has 3 aromatic heterocycles. The number of aromatic nitrogens is 5. The van der Waals surface area contributed by atoms with Crippen LogP contribution >= 0.6 is 0 Å².